The molecule has 0 saturated heterocycles. The van der Waals surface area contributed by atoms with E-state index in [4.69, 9.17) is 4.98 Å². The lowest BCUT2D eigenvalue weighted by atomic mass is 9.67. The summed E-state index contributed by atoms with van der Waals surface area (Å²) in [5.74, 6) is 0. The molecule has 1 heterocycles. The third kappa shape index (κ3) is 5.98. The Morgan fingerprint density at radius 1 is 0.316 bits per heavy atom. The average molecular weight is 730 g/mol. The van der Waals surface area contributed by atoms with Crippen molar-refractivity contribution in [1.29, 1.82) is 0 Å². The molecule has 10 rings (SSSR count). The Balaban J connectivity index is 1.19. The van der Waals surface area contributed by atoms with Crippen LogP contribution in [-0.2, 0) is 5.41 Å². The number of anilines is 6. The molecule has 3 heteroatoms. The number of hydrogen-bond acceptors (Lipinski definition) is 3. The third-order valence-electron chi connectivity index (χ3n) is 11.2. The quantitative estimate of drug-likeness (QED) is 0.147. The summed E-state index contributed by atoms with van der Waals surface area (Å²) < 4.78 is 0. The van der Waals surface area contributed by atoms with E-state index < -0.39 is 5.41 Å². The maximum absolute atomic E-state index is 4.78. The monoisotopic (exact) mass is 729 g/mol. The Morgan fingerprint density at radius 3 is 1.18 bits per heavy atom. The minimum atomic E-state index is -0.609. The molecule has 1 aliphatic carbocycles. The molecule has 0 fully saturated rings. The van der Waals surface area contributed by atoms with Crippen molar-refractivity contribution >= 4 is 34.1 Å². The van der Waals surface area contributed by atoms with Crippen LogP contribution in [0, 0.1) is 0 Å². The van der Waals surface area contributed by atoms with E-state index in [0.29, 0.717) is 0 Å². The second-order valence-corrected chi connectivity index (χ2v) is 14.4. The lowest BCUT2D eigenvalue weighted by Crippen LogP contribution is -2.29. The van der Waals surface area contributed by atoms with Crippen molar-refractivity contribution in [1.82, 2.24) is 4.98 Å². The van der Waals surface area contributed by atoms with Gasteiger partial charge < -0.3 is 9.80 Å². The number of para-hydroxylation sites is 4. The largest absolute Gasteiger partial charge is 0.311 e. The molecule has 0 atom stereocenters. The SMILES string of the molecule is c1ccc(N(c2ccccc2)c2ccc(C3(c4ccc(N(c5ccccc5)c5ccccc5)cc4)c4ccccc4-c4ccc(-c5ccccn5)cc43)cc2)cc1. The van der Waals surface area contributed by atoms with Gasteiger partial charge in [-0.1, -0.05) is 140 Å². The third-order valence-corrected chi connectivity index (χ3v) is 11.2. The molecule has 0 spiro atoms. The zero-order valence-electron chi connectivity index (χ0n) is 31.4. The summed E-state index contributed by atoms with van der Waals surface area (Å²) in [4.78, 5) is 9.43. The Kier molecular flexibility index (Phi) is 8.74. The highest BCUT2D eigenvalue weighted by atomic mass is 15.1. The lowest BCUT2D eigenvalue weighted by molar-refractivity contribution is 0.768. The fraction of sp³-hybridized carbons (Fsp3) is 0.0185. The van der Waals surface area contributed by atoms with Gasteiger partial charge in [-0.2, -0.15) is 0 Å². The smallest absolute Gasteiger partial charge is 0.0713 e. The fourth-order valence-electron chi connectivity index (χ4n) is 8.68. The maximum Gasteiger partial charge on any atom is 0.0713 e. The normalized spacial score (nSPS) is 12.4. The van der Waals surface area contributed by atoms with E-state index in [-0.39, 0.29) is 0 Å². The summed E-state index contributed by atoms with van der Waals surface area (Å²) in [5.41, 5.74) is 15.5. The van der Waals surface area contributed by atoms with Crippen LogP contribution < -0.4 is 9.80 Å². The predicted molar refractivity (Wildman–Crippen MR) is 236 cm³/mol. The Hall–Kier alpha value is -7.49. The Morgan fingerprint density at radius 2 is 0.719 bits per heavy atom. The highest BCUT2D eigenvalue weighted by Gasteiger charge is 2.46. The van der Waals surface area contributed by atoms with Gasteiger partial charge in [0.15, 0.2) is 0 Å². The van der Waals surface area contributed by atoms with Gasteiger partial charge in [0.05, 0.1) is 11.1 Å². The van der Waals surface area contributed by atoms with E-state index in [0.717, 1.165) is 45.4 Å². The van der Waals surface area contributed by atoms with Gasteiger partial charge in [0.1, 0.15) is 0 Å². The molecular weight excluding hydrogens is 691 g/mol. The molecule has 8 aromatic carbocycles. The average Bonchev–Trinajstić information content (AvgIpc) is 3.59. The summed E-state index contributed by atoms with van der Waals surface area (Å²) in [6.45, 7) is 0. The lowest BCUT2D eigenvalue weighted by Gasteiger charge is -2.35. The van der Waals surface area contributed by atoms with E-state index >= 15 is 0 Å². The van der Waals surface area contributed by atoms with E-state index in [1.807, 2.05) is 12.3 Å². The van der Waals surface area contributed by atoms with Crippen LogP contribution in [0.4, 0.5) is 34.1 Å². The molecule has 0 unspecified atom stereocenters. The minimum Gasteiger partial charge on any atom is -0.311 e. The first-order chi connectivity index (χ1) is 28.3. The Labute approximate surface area is 334 Å². The molecule has 0 N–H and O–H groups in total. The molecular formula is C54H39N3. The van der Waals surface area contributed by atoms with Gasteiger partial charge in [-0.15, -0.1) is 0 Å². The first kappa shape index (κ1) is 34.0. The van der Waals surface area contributed by atoms with Crippen molar-refractivity contribution in [3.05, 3.63) is 259 Å². The van der Waals surface area contributed by atoms with Crippen LogP contribution in [0.25, 0.3) is 22.4 Å². The number of fused-ring (bicyclic) bond motifs is 3. The molecule has 3 nitrogen and oxygen atoms in total. The number of pyridine rings is 1. The van der Waals surface area contributed by atoms with Crippen LogP contribution in [-0.4, -0.2) is 4.98 Å². The molecule has 0 saturated carbocycles. The van der Waals surface area contributed by atoms with Crippen LogP contribution in [0.1, 0.15) is 22.3 Å². The number of hydrogen-bond donors (Lipinski definition) is 0. The summed E-state index contributed by atoms with van der Waals surface area (Å²) in [5, 5.41) is 0. The number of nitrogens with zero attached hydrogens (tertiary/aromatic N) is 3. The first-order valence-electron chi connectivity index (χ1n) is 19.5. The topological polar surface area (TPSA) is 19.4 Å². The second kappa shape index (κ2) is 14.6. The van der Waals surface area contributed by atoms with Gasteiger partial charge in [0, 0.05) is 45.9 Å². The minimum absolute atomic E-state index is 0.609. The number of aromatic nitrogens is 1. The summed E-state index contributed by atoms with van der Waals surface area (Å²) in [6.07, 6.45) is 1.87. The number of benzene rings is 8. The summed E-state index contributed by atoms with van der Waals surface area (Å²) in [6, 6.07) is 82.8. The molecule has 0 radical (unpaired) electrons. The molecule has 0 aliphatic heterocycles. The zero-order valence-corrected chi connectivity index (χ0v) is 31.4. The van der Waals surface area contributed by atoms with Gasteiger partial charge in [-0.05, 0) is 124 Å². The highest BCUT2D eigenvalue weighted by molar-refractivity contribution is 5.89. The predicted octanol–water partition coefficient (Wildman–Crippen LogP) is 14.1. The van der Waals surface area contributed by atoms with Gasteiger partial charge in [-0.25, -0.2) is 0 Å². The second-order valence-electron chi connectivity index (χ2n) is 14.4. The van der Waals surface area contributed by atoms with Crippen molar-refractivity contribution in [2.24, 2.45) is 0 Å². The Bertz CT molecular complexity index is 2550. The fourth-order valence-corrected chi connectivity index (χ4v) is 8.68. The maximum atomic E-state index is 4.78. The van der Waals surface area contributed by atoms with Crippen LogP contribution >= 0.6 is 0 Å². The van der Waals surface area contributed by atoms with Gasteiger partial charge in [0.25, 0.3) is 0 Å². The summed E-state index contributed by atoms with van der Waals surface area (Å²) in [7, 11) is 0. The zero-order chi connectivity index (χ0) is 38.0. The first-order valence-corrected chi connectivity index (χ1v) is 19.5. The molecule has 1 aromatic heterocycles. The standard InChI is InChI=1S/C54H39N3/c1-5-17-43(18-6-1)56(44-19-7-2-8-20-44)47-33-29-41(30-34-47)54(42-31-35-48(36-32-42)57(45-21-9-3-10-22-45)46-23-11-4-12-24-46)51-26-14-13-25-49(51)50-37-28-40(39-52(50)54)53-27-15-16-38-55-53/h1-39H. The molecule has 1 aliphatic rings. The van der Waals surface area contributed by atoms with Crippen LogP contribution in [0.15, 0.2) is 237 Å². The van der Waals surface area contributed by atoms with Gasteiger partial charge >= 0.3 is 0 Å². The van der Waals surface area contributed by atoms with Crippen molar-refractivity contribution in [3.63, 3.8) is 0 Å². The molecule has 9 aromatic rings. The van der Waals surface area contributed by atoms with Crippen molar-refractivity contribution in [3.8, 4) is 22.4 Å². The van der Waals surface area contributed by atoms with Crippen molar-refractivity contribution < 1.29 is 0 Å². The van der Waals surface area contributed by atoms with E-state index in [2.05, 4.69) is 234 Å². The van der Waals surface area contributed by atoms with Crippen LogP contribution in [0.2, 0.25) is 0 Å². The summed E-state index contributed by atoms with van der Waals surface area (Å²) >= 11 is 0. The van der Waals surface area contributed by atoms with Gasteiger partial charge in [-0.3, -0.25) is 4.98 Å². The van der Waals surface area contributed by atoms with Crippen molar-refractivity contribution in [2.75, 3.05) is 9.80 Å². The molecule has 270 valence electrons. The molecule has 57 heavy (non-hydrogen) atoms. The number of rotatable bonds is 9. The highest BCUT2D eigenvalue weighted by Crippen LogP contribution is 2.57. The van der Waals surface area contributed by atoms with Crippen molar-refractivity contribution in [2.45, 2.75) is 5.41 Å². The van der Waals surface area contributed by atoms with Gasteiger partial charge in [0.2, 0.25) is 0 Å². The van der Waals surface area contributed by atoms with E-state index in [1.54, 1.807) is 0 Å². The van der Waals surface area contributed by atoms with Crippen LogP contribution in [0.5, 0.6) is 0 Å². The van der Waals surface area contributed by atoms with Crippen LogP contribution in [0.3, 0.4) is 0 Å². The molecule has 0 amide bonds. The van der Waals surface area contributed by atoms with E-state index in [9.17, 15) is 0 Å². The van der Waals surface area contributed by atoms with E-state index in [1.165, 1.54) is 33.4 Å². The molecule has 0 bridgehead atoms.